The van der Waals surface area contributed by atoms with Gasteiger partial charge in [0.25, 0.3) is 0 Å². The van der Waals surface area contributed by atoms with Gasteiger partial charge in [-0.15, -0.1) is 0 Å². The third-order valence-corrected chi connectivity index (χ3v) is 3.83. The Balaban J connectivity index is 2.60. The van der Waals surface area contributed by atoms with Crippen molar-refractivity contribution in [3.8, 4) is 0 Å². The second kappa shape index (κ2) is 4.56. The molecule has 0 radical (unpaired) electrons. The summed E-state index contributed by atoms with van der Waals surface area (Å²) >= 11 is 1.85. The minimum absolute atomic E-state index is 0.221. The Hall–Kier alpha value is -0.180. The summed E-state index contributed by atoms with van der Waals surface area (Å²) in [6, 6.07) is 0.471. The average Bonchev–Trinajstić information content (AvgIpc) is 2.41. The molecule has 1 fully saturated rings. The van der Waals surface area contributed by atoms with Gasteiger partial charge in [0.1, 0.15) is 0 Å². The lowest BCUT2D eigenvalue weighted by molar-refractivity contribution is 0.477. The molecular weight excluding hydrogens is 192 g/mol. The molecule has 0 bridgehead atoms. The molecule has 0 saturated carbocycles. The first kappa shape index (κ1) is 11.9. The van der Waals surface area contributed by atoms with Crippen LogP contribution in [0.15, 0.2) is 4.99 Å². The monoisotopic (exact) mass is 214 g/mol. The fourth-order valence-corrected chi connectivity index (χ4v) is 2.67. The van der Waals surface area contributed by atoms with Crippen LogP contribution in [0.25, 0.3) is 0 Å². The van der Waals surface area contributed by atoms with Crippen LogP contribution in [-0.4, -0.2) is 22.5 Å². The highest BCUT2D eigenvalue weighted by atomic mass is 32.2. The Morgan fingerprint density at radius 2 is 2.14 bits per heavy atom. The molecule has 1 atom stereocenters. The summed E-state index contributed by atoms with van der Waals surface area (Å²) in [5.74, 6) is 1.76. The molecule has 1 aliphatic rings. The number of thioether (sulfide) groups is 1. The summed E-state index contributed by atoms with van der Waals surface area (Å²) in [5, 5.41) is 4.60. The molecule has 0 aromatic carbocycles. The number of hydrogen-bond donors (Lipinski definition) is 1. The van der Waals surface area contributed by atoms with Gasteiger partial charge in [-0.05, 0) is 26.2 Å². The van der Waals surface area contributed by atoms with E-state index in [1.54, 1.807) is 0 Å². The van der Waals surface area contributed by atoms with E-state index in [9.17, 15) is 0 Å². The minimum atomic E-state index is 0.221. The molecular formula is C11H22N2S. The Bertz CT molecular complexity index is 221. The van der Waals surface area contributed by atoms with E-state index in [4.69, 9.17) is 4.99 Å². The molecule has 1 heterocycles. The van der Waals surface area contributed by atoms with E-state index in [0.29, 0.717) is 12.0 Å². The van der Waals surface area contributed by atoms with Crippen LogP contribution >= 0.6 is 11.8 Å². The third-order valence-electron chi connectivity index (χ3n) is 2.49. The number of nitrogens with zero attached hydrogens (tertiary/aromatic N) is 1. The fraction of sp³-hybridized carbons (Fsp3) is 0.909. The van der Waals surface area contributed by atoms with Gasteiger partial charge in [-0.1, -0.05) is 32.5 Å². The van der Waals surface area contributed by atoms with Crippen LogP contribution in [-0.2, 0) is 0 Å². The van der Waals surface area contributed by atoms with Gasteiger partial charge >= 0.3 is 0 Å². The molecule has 1 unspecified atom stereocenters. The maximum atomic E-state index is 4.76. The molecule has 1 aliphatic heterocycles. The summed E-state index contributed by atoms with van der Waals surface area (Å²) in [6.07, 6.45) is 1.13. The summed E-state index contributed by atoms with van der Waals surface area (Å²) in [7, 11) is 0. The maximum Gasteiger partial charge on any atom is 0.157 e. The van der Waals surface area contributed by atoms with Gasteiger partial charge in [0.15, 0.2) is 5.17 Å². The number of rotatable bonds is 3. The molecule has 1 saturated heterocycles. The number of amidine groups is 1. The van der Waals surface area contributed by atoms with Gasteiger partial charge in [-0.25, -0.2) is 0 Å². The predicted molar refractivity (Wildman–Crippen MR) is 66.0 cm³/mol. The van der Waals surface area contributed by atoms with Crippen LogP contribution in [0.1, 0.15) is 41.0 Å². The van der Waals surface area contributed by atoms with Crippen LogP contribution in [0.3, 0.4) is 0 Å². The summed E-state index contributed by atoms with van der Waals surface area (Å²) in [5.41, 5.74) is 0.221. The van der Waals surface area contributed by atoms with Crippen molar-refractivity contribution in [1.82, 2.24) is 5.32 Å². The van der Waals surface area contributed by atoms with Crippen molar-refractivity contribution < 1.29 is 0 Å². The summed E-state index contributed by atoms with van der Waals surface area (Å²) < 4.78 is 0. The molecule has 2 nitrogen and oxygen atoms in total. The Morgan fingerprint density at radius 1 is 1.50 bits per heavy atom. The smallest absolute Gasteiger partial charge is 0.157 e. The normalized spacial score (nSPS) is 25.4. The van der Waals surface area contributed by atoms with Crippen LogP contribution in [0.4, 0.5) is 0 Å². The minimum Gasteiger partial charge on any atom is -0.359 e. The SMILES string of the molecule is CCC(N=C1NC(C)(C)CS1)C(C)C. The van der Waals surface area contributed by atoms with Crippen molar-refractivity contribution in [2.75, 3.05) is 5.75 Å². The van der Waals surface area contributed by atoms with Crippen molar-refractivity contribution >= 4 is 16.9 Å². The van der Waals surface area contributed by atoms with E-state index in [0.717, 1.165) is 17.3 Å². The lowest BCUT2D eigenvalue weighted by Crippen LogP contribution is -2.37. The zero-order valence-corrected chi connectivity index (χ0v) is 10.7. The Morgan fingerprint density at radius 3 is 2.50 bits per heavy atom. The molecule has 0 amide bonds. The molecule has 0 aromatic heterocycles. The first-order valence-corrected chi connectivity index (χ1v) is 6.42. The van der Waals surface area contributed by atoms with E-state index < -0.39 is 0 Å². The largest absolute Gasteiger partial charge is 0.359 e. The van der Waals surface area contributed by atoms with Gasteiger partial charge in [0.05, 0.1) is 6.04 Å². The van der Waals surface area contributed by atoms with Crippen molar-refractivity contribution in [2.45, 2.75) is 52.6 Å². The molecule has 0 aromatic rings. The van der Waals surface area contributed by atoms with Crippen LogP contribution in [0.5, 0.6) is 0 Å². The summed E-state index contributed by atoms with van der Waals surface area (Å²) in [6.45, 7) is 11.1. The van der Waals surface area contributed by atoms with Crippen LogP contribution in [0.2, 0.25) is 0 Å². The topological polar surface area (TPSA) is 24.4 Å². The lowest BCUT2D eigenvalue weighted by Gasteiger charge is -2.18. The van der Waals surface area contributed by atoms with Crippen molar-refractivity contribution in [1.29, 1.82) is 0 Å². The van der Waals surface area contributed by atoms with E-state index in [2.05, 4.69) is 39.9 Å². The van der Waals surface area contributed by atoms with Gasteiger partial charge in [0.2, 0.25) is 0 Å². The number of aliphatic imine (C=N–C) groups is 1. The van der Waals surface area contributed by atoms with Crippen LogP contribution in [0, 0.1) is 5.92 Å². The maximum absolute atomic E-state index is 4.76. The second-order valence-corrected chi connectivity index (χ2v) is 5.92. The molecule has 1 N–H and O–H groups in total. The molecule has 0 spiro atoms. The zero-order valence-electron chi connectivity index (χ0n) is 9.92. The average molecular weight is 214 g/mol. The fourth-order valence-electron chi connectivity index (χ4n) is 1.54. The van der Waals surface area contributed by atoms with Gasteiger partial charge in [-0.3, -0.25) is 4.99 Å². The standard InChI is InChI=1S/C11H22N2S/c1-6-9(8(2)3)12-10-13-11(4,5)7-14-10/h8-9H,6-7H2,1-5H3,(H,12,13). The first-order valence-electron chi connectivity index (χ1n) is 5.43. The second-order valence-electron chi connectivity index (χ2n) is 4.95. The Kier molecular flexibility index (Phi) is 3.87. The van der Waals surface area contributed by atoms with Crippen molar-refractivity contribution in [3.05, 3.63) is 0 Å². The molecule has 82 valence electrons. The van der Waals surface area contributed by atoms with E-state index >= 15 is 0 Å². The van der Waals surface area contributed by atoms with Gasteiger partial charge in [-0.2, -0.15) is 0 Å². The molecule has 0 aliphatic carbocycles. The molecule has 14 heavy (non-hydrogen) atoms. The first-order chi connectivity index (χ1) is 6.44. The third kappa shape index (κ3) is 3.19. The predicted octanol–water partition coefficient (Wildman–Crippen LogP) is 2.89. The number of nitrogens with one attached hydrogen (secondary N) is 1. The van der Waals surface area contributed by atoms with E-state index in [1.807, 2.05) is 11.8 Å². The van der Waals surface area contributed by atoms with E-state index in [-0.39, 0.29) is 5.54 Å². The van der Waals surface area contributed by atoms with Crippen LogP contribution < -0.4 is 5.32 Å². The van der Waals surface area contributed by atoms with Gasteiger partial charge < -0.3 is 5.32 Å². The van der Waals surface area contributed by atoms with E-state index in [1.165, 1.54) is 0 Å². The molecule has 1 rings (SSSR count). The molecule has 3 heteroatoms. The highest BCUT2D eigenvalue weighted by Gasteiger charge is 2.28. The highest BCUT2D eigenvalue weighted by Crippen LogP contribution is 2.23. The van der Waals surface area contributed by atoms with Crippen molar-refractivity contribution in [3.63, 3.8) is 0 Å². The summed E-state index contributed by atoms with van der Waals surface area (Å²) in [4.78, 5) is 4.76. The zero-order chi connectivity index (χ0) is 10.8. The Labute approximate surface area is 92.0 Å². The number of hydrogen-bond acceptors (Lipinski definition) is 2. The quantitative estimate of drug-likeness (QED) is 0.781. The lowest BCUT2D eigenvalue weighted by atomic mass is 10.0. The highest BCUT2D eigenvalue weighted by molar-refractivity contribution is 8.14. The van der Waals surface area contributed by atoms with Gasteiger partial charge in [0, 0.05) is 11.3 Å². The van der Waals surface area contributed by atoms with Crippen molar-refractivity contribution in [2.24, 2.45) is 10.9 Å².